The highest BCUT2D eigenvalue weighted by molar-refractivity contribution is 5.65. The lowest BCUT2D eigenvalue weighted by molar-refractivity contribution is 0.142. The summed E-state index contributed by atoms with van der Waals surface area (Å²) >= 11 is 0. The van der Waals surface area contributed by atoms with Gasteiger partial charge in [0.05, 0.1) is 0 Å². The summed E-state index contributed by atoms with van der Waals surface area (Å²) in [6.45, 7) is 2.03. The highest BCUT2D eigenvalue weighted by Gasteiger charge is 2.21. The maximum Gasteiger partial charge on any atom is 0.407 e. The Morgan fingerprint density at radius 3 is 2.41 bits per heavy atom. The molecule has 8 heteroatoms. The molecule has 0 spiro atoms. The molecule has 2 rings (SSSR count). The van der Waals surface area contributed by atoms with Crippen LogP contribution in [0.2, 0.25) is 0 Å². The van der Waals surface area contributed by atoms with Crippen molar-refractivity contribution in [1.82, 2.24) is 14.9 Å². The van der Waals surface area contributed by atoms with Crippen LogP contribution in [0.5, 0.6) is 0 Å². The smallest absolute Gasteiger partial charge is 0.407 e. The number of hydrogen-bond acceptors (Lipinski definition) is 6. The van der Waals surface area contributed by atoms with Gasteiger partial charge in [-0.05, 0) is 0 Å². The van der Waals surface area contributed by atoms with E-state index < -0.39 is 6.09 Å². The van der Waals surface area contributed by atoms with Gasteiger partial charge in [0.1, 0.15) is 11.6 Å². The van der Waals surface area contributed by atoms with Crippen LogP contribution in [-0.4, -0.2) is 52.2 Å². The van der Waals surface area contributed by atoms with Gasteiger partial charge in [-0.2, -0.15) is 9.97 Å². The third-order valence-electron chi connectivity index (χ3n) is 2.62. The van der Waals surface area contributed by atoms with Crippen LogP contribution < -0.4 is 16.4 Å². The highest BCUT2D eigenvalue weighted by atomic mass is 16.4. The van der Waals surface area contributed by atoms with Crippen molar-refractivity contribution < 1.29 is 9.90 Å². The zero-order chi connectivity index (χ0) is 12.4. The van der Waals surface area contributed by atoms with Crippen LogP contribution in [0, 0.1) is 0 Å². The van der Waals surface area contributed by atoms with Gasteiger partial charge >= 0.3 is 6.09 Å². The molecule has 1 aliphatic rings. The van der Waals surface area contributed by atoms with Gasteiger partial charge in [-0.1, -0.05) is 0 Å². The summed E-state index contributed by atoms with van der Waals surface area (Å²) in [7, 11) is 0. The van der Waals surface area contributed by atoms with E-state index in [1.807, 2.05) is 4.90 Å². The first-order valence-electron chi connectivity index (χ1n) is 5.19. The molecule has 17 heavy (non-hydrogen) atoms. The number of rotatable bonds is 1. The van der Waals surface area contributed by atoms with E-state index in [0.717, 1.165) is 0 Å². The number of nitrogen functional groups attached to an aromatic ring is 2. The van der Waals surface area contributed by atoms with Crippen LogP contribution in [0.1, 0.15) is 0 Å². The lowest BCUT2D eigenvalue weighted by atomic mass is 10.3. The summed E-state index contributed by atoms with van der Waals surface area (Å²) < 4.78 is 0. The number of hydrogen-bond donors (Lipinski definition) is 3. The molecule has 1 saturated heterocycles. The van der Waals surface area contributed by atoms with Crippen molar-refractivity contribution in [3.8, 4) is 0 Å². The predicted octanol–water partition coefficient (Wildman–Crippen LogP) is -0.559. The van der Waals surface area contributed by atoms with Crippen molar-refractivity contribution in [2.75, 3.05) is 42.5 Å². The fourth-order valence-corrected chi connectivity index (χ4v) is 1.76. The summed E-state index contributed by atoms with van der Waals surface area (Å²) in [6.07, 6.45) is -0.897. The van der Waals surface area contributed by atoms with Crippen molar-refractivity contribution in [2.45, 2.75) is 0 Å². The number of carboxylic acid groups (broad SMARTS) is 1. The topological polar surface area (TPSA) is 122 Å². The number of amides is 1. The normalized spacial score (nSPS) is 16.0. The van der Waals surface area contributed by atoms with Crippen molar-refractivity contribution in [3.05, 3.63) is 6.07 Å². The molecule has 1 amide bonds. The first kappa shape index (κ1) is 11.2. The van der Waals surface area contributed by atoms with E-state index in [-0.39, 0.29) is 5.95 Å². The van der Waals surface area contributed by atoms with E-state index >= 15 is 0 Å². The third-order valence-corrected chi connectivity index (χ3v) is 2.62. The van der Waals surface area contributed by atoms with Gasteiger partial charge in [-0.25, -0.2) is 4.79 Å². The molecule has 0 unspecified atom stereocenters. The van der Waals surface area contributed by atoms with Crippen molar-refractivity contribution in [3.63, 3.8) is 0 Å². The molecule has 0 aliphatic carbocycles. The average molecular weight is 238 g/mol. The first-order chi connectivity index (χ1) is 8.06. The zero-order valence-corrected chi connectivity index (χ0v) is 9.20. The molecular weight excluding hydrogens is 224 g/mol. The molecule has 8 nitrogen and oxygen atoms in total. The van der Waals surface area contributed by atoms with Gasteiger partial charge in [-0.15, -0.1) is 0 Å². The summed E-state index contributed by atoms with van der Waals surface area (Å²) in [6, 6.07) is 1.63. The van der Waals surface area contributed by atoms with Crippen molar-refractivity contribution in [2.24, 2.45) is 0 Å². The maximum absolute atomic E-state index is 10.7. The van der Waals surface area contributed by atoms with Gasteiger partial charge in [0, 0.05) is 32.2 Å². The Balaban J connectivity index is 2.07. The molecule has 0 radical (unpaired) electrons. The summed E-state index contributed by atoms with van der Waals surface area (Å²) in [4.78, 5) is 21.9. The average Bonchev–Trinajstić information content (AvgIpc) is 2.28. The standard InChI is InChI=1S/C9H14N6O2/c10-6-5-7(13-8(11)12-6)14-1-3-15(4-2-14)9(16)17/h5H,1-4H2,(H,16,17)(H4,10,11,12,13). The van der Waals surface area contributed by atoms with Crippen LogP contribution in [0.25, 0.3) is 0 Å². The van der Waals surface area contributed by atoms with Crippen molar-refractivity contribution >= 4 is 23.7 Å². The number of aromatic nitrogens is 2. The molecule has 2 heterocycles. The Morgan fingerprint density at radius 2 is 1.88 bits per heavy atom. The van der Waals surface area contributed by atoms with Gasteiger partial charge in [0.15, 0.2) is 0 Å². The van der Waals surface area contributed by atoms with E-state index in [4.69, 9.17) is 16.6 Å². The maximum atomic E-state index is 10.7. The molecule has 1 fully saturated rings. The third kappa shape index (κ3) is 2.47. The van der Waals surface area contributed by atoms with Crippen LogP contribution in [0.3, 0.4) is 0 Å². The minimum absolute atomic E-state index is 0.126. The van der Waals surface area contributed by atoms with Gasteiger partial charge in [-0.3, -0.25) is 0 Å². The largest absolute Gasteiger partial charge is 0.465 e. The van der Waals surface area contributed by atoms with Gasteiger partial charge < -0.3 is 26.4 Å². The van der Waals surface area contributed by atoms with E-state index in [1.54, 1.807) is 6.07 Å². The minimum Gasteiger partial charge on any atom is -0.465 e. The summed E-state index contributed by atoms with van der Waals surface area (Å²) in [5.74, 6) is 1.08. The molecule has 0 saturated carbocycles. The Hall–Kier alpha value is -2.25. The van der Waals surface area contributed by atoms with E-state index in [2.05, 4.69) is 9.97 Å². The molecule has 0 atom stereocenters. The highest BCUT2D eigenvalue weighted by Crippen LogP contribution is 2.16. The fraction of sp³-hybridized carbons (Fsp3) is 0.444. The number of nitrogens with zero attached hydrogens (tertiary/aromatic N) is 4. The number of anilines is 3. The predicted molar refractivity (Wildman–Crippen MR) is 62.7 cm³/mol. The SMILES string of the molecule is Nc1cc(N2CCN(C(=O)O)CC2)nc(N)n1. The fourth-order valence-electron chi connectivity index (χ4n) is 1.76. The Morgan fingerprint density at radius 1 is 1.24 bits per heavy atom. The lowest BCUT2D eigenvalue weighted by Gasteiger charge is -2.33. The molecule has 1 aliphatic heterocycles. The van der Waals surface area contributed by atoms with E-state index in [9.17, 15) is 4.79 Å². The molecule has 1 aromatic heterocycles. The monoisotopic (exact) mass is 238 g/mol. The van der Waals surface area contributed by atoms with E-state index in [0.29, 0.717) is 37.8 Å². The van der Waals surface area contributed by atoms with Crippen LogP contribution in [-0.2, 0) is 0 Å². The van der Waals surface area contributed by atoms with E-state index in [1.165, 1.54) is 4.90 Å². The Kier molecular flexibility index (Phi) is 2.86. The molecule has 0 aromatic carbocycles. The van der Waals surface area contributed by atoms with Crippen LogP contribution in [0.4, 0.5) is 22.4 Å². The number of carbonyl (C=O) groups is 1. The molecular formula is C9H14N6O2. The zero-order valence-electron chi connectivity index (χ0n) is 9.20. The van der Waals surface area contributed by atoms with Crippen molar-refractivity contribution in [1.29, 1.82) is 0 Å². The lowest BCUT2D eigenvalue weighted by Crippen LogP contribution is -2.48. The first-order valence-corrected chi connectivity index (χ1v) is 5.19. The molecule has 92 valence electrons. The van der Waals surface area contributed by atoms with Gasteiger partial charge in [0.2, 0.25) is 5.95 Å². The number of nitrogens with two attached hydrogens (primary N) is 2. The quantitative estimate of drug-likeness (QED) is 0.599. The summed E-state index contributed by atoms with van der Waals surface area (Å²) in [5.41, 5.74) is 11.1. The number of piperazine rings is 1. The summed E-state index contributed by atoms with van der Waals surface area (Å²) in [5, 5.41) is 8.83. The Bertz CT molecular complexity index is 409. The molecule has 1 aromatic rings. The minimum atomic E-state index is -0.897. The second-order valence-corrected chi connectivity index (χ2v) is 3.77. The van der Waals surface area contributed by atoms with Crippen LogP contribution >= 0.6 is 0 Å². The second-order valence-electron chi connectivity index (χ2n) is 3.77. The van der Waals surface area contributed by atoms with Crippen LogP contribution in [0.15, 0.2) is 6.07 Å². The van der Waals surface area contributed by atoms with Gasteiger partial charge in [0.25, 0.3) is 0 Å². The molecule has 5 N–H and O–H groups in total. The molecule has 0 bridgehead atoms. The Labute approximate surface area is 97.8 Å². The second kappa shape index (κ2) is 4.32.